The molecule has 4 nitrogen and oxygen atoms in total. The fourth-order valence-corrected chi connectivity index (χ4v) is 1.49. The van der Waals surface area contributed by atoms with Crippen molar-refractivity contribution in [1.82, 2.24) is 9.97 Å². The Morgan fingerprint density at radius 1 is 1.21 bits per heavy atom. The lowest BCUT2D eigenvalue weighted by atomic mass is 10.1. The quantitative estimate of drug-likeness (QED) is 0.930. The van der Waals surface area contributed by atoms with Gasteiger partial charge in [-0.1, -0.05) is 12.1 Å². The maximum Gasteiger partial charge on any atom is 0.573 e. The molecule has 0 aliphatic rings. The van der Waals surface area contributed by atoms with Crippen molar-refractivity contribution in [2.75, 3.05) is 12.4 Å². The van der Waals surface area contributed by atoms with Crippen LogP contribution in [-0.2, 0) is 0 Å². The van der Waals surface area contributed by atoms with Crippen LogP contribution in [0.3, 0.4) is 0 Å². The zero-order valence-corrected chi connectivity index (χ0v) is 9.90. The minimum atomic E-state index is -4.71. The molecule has 0 aliphatic carbocycles. The first-order valence-corrected chi connectivity index (χ1v) is 5.35. The number of benzene rings is 1. The molecule has 2 rings (SSSR count). The van der Waals surface area contributed by atoms with Crippen molar-refractivity contribution in [2.24, 2.45) is 0 Å². The largest absolute Gasteiger partial charge is 0.573 e. The van der Waals surface area contributed by atoms with E-state index in [0.29, 0.717) is 17.2 Å². The van der Waals surface area contributed by atoms with Crippen LogP contribution in [0.2, 0.25) is 0 Å². The zero-order valence-electron chi connectivity index (χ0n) is 9.90. The number of hydrogen-bond donors (Lipinski definition) is 1. The lowest BCUT2D eigenvalue weighted by Crippen LogP contribution is -2.17. The highest BCUT2D eigenvalue weighted by Crippen LogP contribution is 2.27. The second-order valence-corrected chi connectivity index (χ2v) is 3.59. The first-order valence-electron chi connectivity index (χ1n) is 5.35. The van der Waals surface area contributed by atoms with E-state index < -0.39 is 6.36 Å². The van der Waals surface area contributed by atoms with E-state index in [-0.39, 0.29) is 5.75 Å². The lowest BCUT2D eigenvalue weighted by Gasteiger charge is -2.10. The van der Waals surface area contributed by atoms with Gasteiger partial charge in [0, 0.05) is 18.8 Å². The van der Waals surface area contributed by atoms with E-state index in [1.54, 1.807) is 19.2 Å². The third-order valence-corrected chi connectivity index (χ3v) is 2.24. The third kappa shape index (κ3) is 3.57. The monoisotopic (exact) mass is 269 g/mol. The van der Waals surface area contributed by atoms with Gasteiger partial charge in [0.25, 0.3) is 0 Å². The molecule has 100 valence electrons. The maximum absolute atomic E-state index is 12.1. The lowest BCUT2D eigenvalue weighted by molar-refractivity contribution is -0.274. The average molecular weight is 269 g/mol. The van der Waals surface area contributed by atoms with Crippen LogP contribution >= 0.6 is 0 Å². The number of nitrogens with zero attached hydrogens (tertiary/aromatic N) is 2. The van der Waals surface area contributed by atoms with Gasteiger partial charge in [-0.15, -0.1) is 13.2 Å². The van der Waals surface area contributed by atoms with Crippen LogP contribution in [0.15, 0.2) is 36.5 Å². The number of halogens is 3. The highest BCUT2D eigenvalue weighted by Gasteiger charge is 2.31. The van der Waals surface area contributed by atoms with Crippen molar-refractivity contribution in [1.29, 1.82) is 0 Å². The predicted octanol–water partition coefficient (Wildman–Crippen LogP) is 3.08. The number of aromatic nitrogens is 2. The minimum absolute atomic E-state index is 0.283. The van der Waals surface area contributed by atoms with Gasteiger partial charge in [-0.25, -0.2) is 9.97 Å². The fourth-order valence-electron chi connectivity index (χ4n) is 1.49. The predicted molar refractivity (Wildman–Crippen MR) is 63.7 cm³/mol. The Kier molecular flexibility index (Phi) is 3.55. The van der Waals surface area contributed by atoms with E-state index in [9.17, 15) is 13.2 Å². The summed E-state index contributed by atoms with van der Waals surface area (Å²) in [6.07, 6.45) is -3.19. The van der Waals surface area contributed by atoms with Crippen molar-refractivity contribution in [3.63, 3.8) is 0 Å². The van der Waals surface area contributed by atoms with Gasteiger partial charge in [0.1, 0.15) is 5.75 Å². The van der Waals surface area contributed by atoms with Crippen LogP contribution in [-0.4, -0.2) is 23.4 Å². The number of hydrogen-bond acceptors (Lipinski definition) is 4. The molecule has 0 spiro atoms. The standard InChI is InChI=1S/C12H10F3N3O/c1-16-11-17-6-5-10(18-11)8-3-2-4-9(7-8)19-12(13,14)15/h2-7H,1H3,(H,16,17,18). The first kappa shape index (κ1) is 13.1. The van der Waals surface area contributed by atoms with Crippen molar-refractivity contribution < 1.29 is 17.9 Å². The van der Waals surface area contributed by atoms with Gasteiger partial charge in [-0.3, -0.25) is 0 Å². The van der Waals surface area contributed by atoms with Crippen molar-refractivity contribution >= 4 is 5.95 Å². The molecular formula is C12H10F3N3O. The van der Waals surface area contributed by atoms with Crippen LogP contribution in [0, 0.1) is 0 Å². The molecule has 1 aromatic heterocycles. The normalized spacial score (nSPS) is 11.2. The molecule has 1 aromatic carbocycles. The van der Waals surface area contributed by atoms with Gasteiger partial charge >= 0.3 is 6.36 Å². The van der Waals surface area contributed by atoms with Gasteiger partial charge in [-0.05, 0) is 18.2 Å². The van der Waals surface area contributed by atoms with Gasteiger partial charge < -0.3 is 10.1 Å². The summed E-state index contributed by atoms with van der Waals surface area (Å²) in [6.45, 7) is 0. The Balaban J connectivity index is 2.32. The molecular weight excluding hydrogens is 259 g/mol. The summed E-state index contributed by atoms with van der Waals surface area (Å²) in [5.74, 6) is 0.106. The van der Waals surface area contributed by atoms with Crippen molar-refractivity contribution in [3.8, 4) is 17.0 Å². The Morgan fingerprint density at radius 3 is 2.68 bits per heavy atom. The first-order chi connectivity index (χ1) is 8.98. The summed E-state index contributed by atoms with van der Waals surface area (Å²) >= 11 is 0. The summed E-state index contributed by atoms with van der Waals surface area (Å²) in [7, 11) is 1.66. The third-order valence-electron chi connectivity index (χ3n) is 2.24. The van der Waals surface area contributed by atoms with Crippen LogP contribution in [0.4, 0.5) is 19.1 Å². The van der Waals surface area contributed by atoms with Crippen LogP contribution in [0.1, 0.15) is 0 Å². The molecule has 0 aliphatic heterocycles. The smallest absolute Gasteiger partial charge is 0.406 e. The molecule has 0 bridgehead atoms. The summed E-state index contributed by atoms with van der Waals surface area (Å²) in [4.78, 5) is 8.07. The molecule has 0 atom stereocenters. The molecule has 0 amide bonds. The highest BCUT2D eigenvalue weighted by molar-refractivity contribution is 5.61. The molecule has 7 heteroatoms. The zero-order chi connectivity index (χ0) is 13.9. The molecule has 1 N–H and O–H groups in total. The molecule has 0 saturated heterocycles. The molecule has 2 aromatic rings. The second kappa shape index (κ2) is 5.13. The van der Waals surface area contributed by atoms with E-state index in [1.165, 1.54) is 24.4 Å². The van der Waals surface area contributed by atoms with Gasteiger partial charge in [0.2, 0.25) is 5.95 Å². The van der Waals surface area contributed by atoms with Gasteiger partial charge in [0.05, 0.1) is 5.69 Å². The Labute approximate surface area is 107 Å². The van der Waals surface area contributed by atoms with Crippen LogP contribution in [0.5, 0.6) is 5.75 Å². The molecule has 0 radical (unpaired) electrons. The average Bonchev–Trinajstić information content (AvgIpc) is 2.37. The van der Waals surface area contributed by atoms with Gasteiger partial charge in [0.15, 0.2) is 0 Å². The Morgan fingerprint density at radius 2 is 2.00 bits per heavy atom. The van der Waals surface area contributed by atoms with Crippen molar-refractivity contribution in [3.05, 3.63) is 36.5 Å². The molecule has 0 fully saturated rings. The highest BCUT2D eigenvalue weighted by atomic mass is 19.4. The van der Waals surface area contributed by atoms with Crippen molar-refractivity contribution in [2.45, 2.75) is 6.36 Å². The SMILES string of the molecule is CNc1nccc(-c2cccc(OC(F)(F)F)c2)n1. The maximum atomic E-state index is 12.1. The number of alkyl halides is 3. The molecule has 0 saturated carbocycles. The number of anilines is 1. The molecule has 0 unspecified atom stereocenters. The van der Waals surface area contributed by atoms with E-state index in [2.05, 4.69) is 20.0 Å². The molecule has 19 heavy (non-hydrogen) atoms. The fraction of sp³-hybridized carbons (Fsp3) is 0.167. The summed E-state index contributed by atoms with van der Waals surface area (Å²) < 4.78 is 40.3. The number of rotatable bonds is 3. The number of ether oxygens (including phenoxy) is 1. The molecule has 1 heterocycles. The summed E-state index contributed by atoms with van der Waals surface area (Å²) in [5, 5.41) is 2.76. The number of nitrogens with one attached hydrogen (secondary N) is 1. The van der Waals surface area contributed by atoms with Crippen LogP contribution < -0.4 is 10.1 Å². The minimum Gasteiger partial charge on any atom is -0.406 e. The Bertz CT molecular complexity index is 572. The second-order valence-electron chi connectivity index (χ2n) is 3.59. The van der Waals surface area contributed by atoms with Gasteiger partial charge in [-0.2, -0.15) is 0 Å². The summed E-state index contributed by atoms with van der Waals surface area (Å²) in [5.41, 5.74) is 1.02. The topological polar surface area (TPSA) is 47.0 Å². The summed E-state index contributed by atoms with van der Waals surface area (Å²) in [6, 6.07) is 7.22. The van der Waals surface area contributed by atoms with E-state index in [4.69, 9.17) is 0 Å². The Hall–Kier alpha value is -2.31. The van der Waals surface area contributed by atoms with E-state index in [1.807, 2.05) is 0 Å². The van der Waals surface area contributed by atoms with Crippen LogP contribution in [0.25, 0.3) is 11.3 Å². The van der Waals surface area contributed by atoms with E-state index in [0.717, 1.165) is 0 Å². The van der Waals surface area contributed by atoms with E-state index >= 15 is 0 Å².